The number of hydrogen-bond acceptors (Lipinski definition) is 4. The van der Waals surface area contributed by atoms with Crippen LogP contribution in [0.1, 0.15) is 5.56 Å². The number of fused-ring (bicyclic) bond motifs is 1. The lowest BCUT2D eigenvalue weighted by Gasteiger charge is -2.08. The molecule has 1 heterocycles. The number of anilines is 1. The van der Waals surface area contributed by atoms with E-state index in [-0.39, 0.29) is 24.8 Å². The Morgan fingerprint density at radius 1 is 1.12 bits per heavy atom. The minimum absolute atomic E-state index is 0.119. The summed E-state index contributed by atoms with van der Waals surface area (Å²) in [5.41, 5.74) is 2.54. The molecule has 0 aliphatic carbocycles. The first-order valence-electron chi connectivity index (χ1n) is 8.18. The maximum Gasteiger partial charge on any atom is 0.246 e. The minimum Gasteiger partial charge on any atom is -0.497 e. The molecule has 0 radical (unpaired) electrons. The Bertz CT molecular complexity index is 949. The maximum atomic E-state index is 12.1. The van der Waals surface area contributed by atoms with E-state index in [0.29, 0.717) is 11.7 Å². The number of carbonyl (C=O) groups excluding carboxylic acids is 2. The van der Waals surface area contributed by atoms with Crippen molar-refractivity contribution in [2.45, 2.75) is 6.42 Å². The summed E-state index contributed by atoms with van der Waals surface area (Å²) in [6, 6.07) is 14.9. The highest BCUT2D eigenvalue weighted by Gasteiger charge is 2.12. The number of aromatic nitrogens is 2. The van der Waals surface area contributed by atoms with E-state index in [0.717, 1.165) is 16.6 Å². The van der Waals surface area contributed by atoms with Crippen molar-refractivity contribution in [2.75, 3.05) is 19.0 Å². The van der Waals surface area contributed by atoms with Crippen LogP contribution < -0.4 is 15.4 Å². The normalized spacial score (nSPS) is 10.5. The molecule has 26 heavy (non-hydrogen) atoms. The molecule has 0 spiro atoms. The lowest BCUT2D eigenvalue weighted by Crippen LogP contribution is -2.34. The van der Waals surface area contributed by atoms with E-state index < -0.39 is 0 Å². The highest BCUT2D eigenvalue weighted by molar-refractivity contribution is 5.95. The van der Waals surface area contributed by atoms with Gasteiger partial charge < -0.3 is 14.6 Å². The highest BCUT2D eigenvalue weighted by Crippen LogP contribution is 2.17. The van der Waals surface area contributed by atoms with Crippen LogP contribution in [0.2, 0.25) is 0 Å². The van der Waals surface area contributed by atoms with Crippen LogP contribution in [0.5, 0.6) is 5.75 Å². The topological polar surface area (TPSA) is 85.2 Å². The number of amides is 2. The van der Waals surface area contributed by atoms with Gasteiger partial charge in [0.05, 0.1) is 31.1 Å². The number of ether oxygens (including phenoxy) is 1. The van der Waals surface area contributed by atoms with E-state index in [1.54, 1.807) is 17.7 Å². The second kappa shape index (κ2) is 7.69. The van der Waals surface area contributed by atoms with Crippen molar-refractivity contribution in [1.29, 1.82) is 0 Å². The van der Waals surface area contributed by atoms with E-state index in [1.165, 1.54) is 0 Å². The number of methoxy groups -OCH3 is 1. The second-order valence-corrected chi connectivity index (χ2v) is 5.84. The summed E-state index contributed by atoms with van der Waals surface area (Å²) in [4.78, 5) is 28.5. The van der Waals surface area contributed by atoms with Gasteiger partial charge in [0.15, 0.2) is 0 Å². The molecule has 3 aromatic rings. The van der Waals surface area contributed by atoms with Crippen LogP contribution in [0.15, 0.2) is 48.5 Å². The van der Waals surface area contributed by atoms with Crippen LogP contribution >= 0.6 is 0 Å². The van der Waals surface area contributed by atoms with Gasteiger partial charge in [0, 0.05) is 7.05 Å². The van der Waals surface area contributed by atoms with Gasteiger partial charge in [-0.3, -0.25) is 14.9 Å². The quantitative estimate of drug-likeness (QED) is 0.709. The molecule has 2 aromatic carbocycles. The Balaban J connectivity index is 1.54. The molecule has 0 saturated carbocycles. The molecule has 1 aromatic heterocycles. The summed E-state index contributed by atoms with van der Waals surface area (Å²) in [6.45, 7) is -0.119. The van der Waals surface area contributed by atoms with Crippen LogP contribution in [0.4, 0.5) is 5.95 Å². The number of carbonyl (C=O) groups is 2. The van der Waals surface area contributed by atoms with Gasteiger partial charge in [0.25, 0.3) is 0 Å². The van der Waals surface area contributed by atoms with Crippen LogP contribution in [0.25, 0.3) is 11.0 Å². The zero-order valence-corrected chi connectivity index (χ0v) is 14.7. The zero-order chi connectivity index (χ0) is 18.5. The molecule has 0 aliphatic heterocycles. The Kier molecular flexibility index (Phi) is 5.17. The van der Waals surface area contributed by atoms with Crippen molar-refractivity contribution < 1.29 is 14.3 Å². The number of aryl methyl sites for hydroxylation is 1. The van der Waals surface area contributed by atoms with Gasteiger partial charge in [0.2, 0.25) is 17.8 Å². The summed E-state index contributed by atoms with van der Waals surface area (Å²) in [5.74, 6) is 0.564. The fourth-order valence-corrected chi connectivity index (χ4v) is 2.64. The van der Waals surface area contributed by atoms with E-state index in [9.17, 15) is 9.59 Å². The average molecular weight is 352 g/mol. The summed E-state index contributed by atoms with van der Waals surface area (Å²) in [7, 11) is 3.40. The second-order valence-electron chi connectivity index (χ2n) is 5.84. The zero-order valence-electron chi connectivity index (χ0n) is 14.7. The van der Waals surface area contributed by atoms with Crippen molar-refractivity contribution >= 4 is 28.8 Å². The SMILES string of the molecule is COc1cccc(CC(=O)NCC(=O)Nc2nc3ccccc3n2C)c1. The first-order valence-corrected chi connectivity index (χ1v) is 8.18. The average Bonchev–Trinajstić information content (AvgIpc) is 2.96. The molecule has 0 bridgehead atoms. The smallest absolute Gasteiger partial charge is 0.246 e. The molecule has 7 heteroatoms. The first kappa shape index (κ1) is 17.5. The number of hydrogen-bond donors (Lipinski definition) is 2. The molecule has 0 fully saturated rings. The monoisotopic (exact) mass is 352 g/mol. The highest BCUT2D eigenvalue weighted by atomic mass is 16.5. The molecule has 134 valence electrons. The third kappa shape index (κ3) is 4.00. The molecule has 2 amide bonds. The van der Waals surface area contributed by atoms with Gasteiger partial charge in [-0.25, -0.2) is 4.98 Å². The minimum atomic E-state index is -0.331. The number of benzene rings is 2. The maximum absolute atomic E-state index is 12.1. The Labute approximate surface area is 151 Å². The molecule has 2 N–H and O–H groups in total. The predicted octanol–water partition coefficient (Wildman–Crippen LogP) is 1.88. The third-order valence-electron chi connectivity index (χ3n) is 3.98. The van der Waals surface area contributed by atoms with Crippen molar-refractivity contribution in [3.05, 3.63) is 54.1 Å². The van der Waals surface area contributed by atoms with Crippen molar-refractivity contribution in [1.82, 2.24) is 14.9 Å². The van der Waals surface area contributed by atoms with E-state index in [4.69, 9.17) is 4.74 Å². The van der Waals surface area contributed by atoms with Crippen LogP contribution in [0, 0.1) is 0 Å². The number of nitrogens with zero attached hydrogens (tertiary/aromatic N) is 2. The Hall–Kier alpha value is -3.35. The third-order valence-corrected chi connectivity index (χ3v) is 3.98. The molecular formula is C19H20N4O3. The molecule has 3 rings (SSSR count). The van der Waals surface area contributed by atoms with Crippen LogP contribution in [-0.4, -0.2) is 35.0 Å². The Morgan fingerprint density at radius 2 is 1.92 bits per heavy atom. The summed E-state index contributed by atoms with van der Waals surface area (Å²) in [6.07, 6.45) is 0.177. The van der Waals surface area contributed by atoms with Gasteiger partial charge >= 0.3 is 0 Å². The number of nitrogens with one attached hydrogen (secondary N) is 2. The van der Waals surface area contributed by atoms with Gasteiger partial charge in [-0.15, -0.1) is 0 Å². The van der Waals surface area contributed by atoms with Crippen LogP contribution in [-0.2, 0) is 23.1 Å². The summed E-state index contributed by atoms with van der Waals surface area (Å²) >= 11 is 0. The molecule has 0 saturated heterocycles. The van der Waals surface area contributed by atoms with Crippen molar-refractivity contribution in [3.63, 3.8) is 0 Å². The number of rotatable bonds is 6. The lowest BCUT2D eigenvalue weighted by molar-refractivity contribution is -0.123. The largest absolute Gasteiger partial charge is 0.497 e. The van der Waals surface area contributed by atoms with E-state index >= 15 is 0 Å². The summed E-state index contributed by atoms with van der Waals surface area (Å²) < 4.78 is 6.93. The fourth-order valence-electron chi connectivity index (χ4n) is 2.64. The predicted molar refractivity (Wildman–Crippen MR) is 99.1 cm³/mol. The molecule has 7 nitrogen and oxygen atoms in total. The van der Waals surface area contributed by atoms with Crippen molar-refractivity contribution in [2.24, 2.45) is 7.05 Å². The van der Waals surface area contributed by atoms with E-state index in [1.807, 2.05) is 49.5 Å². The van der Waals surface area contributed by atoms with Crippen LogP contribution in [0.3, 0.4) is 0 Å². The van der Waals surface area contributed by atoms with Gasteiger partial charge in [-0.05, 0) is 29.8 Å². The molecule has 0 aliphatic rings. The van der Waals surface area contributed by atoms with Gasteiger partial charge in [-0.1, -0.05) is 24.3 Å². The van der Waals surface area contributed by atoms with Gasteiger partial charge in [-0.2, -0.15) is 0 Å². The number of imidazole rings is 1. The standard InChI is InChI=1S/C19H20N4O3/c1-23-16-9-4-3-8-15(16)21-19(23)22-18(25)12-20-17(24)11-13-6-5-7-14(10-13)26-2/h3-10H,11-12H2,1-2H3,(H,20,24)(H,21,22,25). The first-order chi connectivity index (χ1) is 12.6. The molecule has 0 unspecified atom stereocenters. The summed E-state index contributed by atoms with van der Waals surface area (Å²) in [5, 5.41) is 5.33. The van der Waals surface area contributed by atoms with Crippen molar-refractivity contribution in [3.8, 4) is 5.75 Å². The number of para-hydroxylation sites is 2. The lowest BCUT2D eigenvalue weighted by atomic mass is 10.1. The Morgan fingerprint density at radius 3 is 2.69 bits per heavy atom. The van der Waals surface area contributed by atoms with E-state index in [2.05, 4.69) is 15.6 Å². The molecular weight excluding hydrogens is 332 g/mol. The van der Waals surface area contributed by atoms with Gasteiger partial charge in [0.1, 0.15) is 5.75 Å². The molecule has 0 atom stereocenters. The fraction of sp³-hybridized carbons (Fsp3) is 0.211.